The Kier molecular flexibility index (Phi) is 6.17. The minimum absolute atomic E-state index is 0.0316. The minimum Gasteiger partial charge on any atom is -0.492 e. The molecular weight excluding hydrogens is 400 g/mol. The standard InChI is InChI=1S/C16H19ClN2O5S2/c1-4-24-15-9-8-13(11-16(15)26(22,23)19(2)3)18-25(20,21)14-7-5-6-12(17)10-14/h5-11,18H,4H2,1-3H3. The smallest absolute Gasteiger partial charge is 0.261 e. The van der Waals surface area contributed by atoms with Crippen LogP contribution in [0.2, 0.25) is 5.02 Å². The van der Waals surface area contributed by atoms with E-state index in [1.165, 1.54) is 50.5 Å². The van der Waals surface area contributed by atoms with Gasteiger partial charge in [-0.3, -0.25) is 4.72 Å². The van der Waals surface area contributed by atoms with E-state index in [1.54, 1.807) is 13.0 Å². The van der Waals surface area contributed by atoms with Crippen LogP contribution in [0.1, 0.15) is 6.92 Å². The van der Waals surface area contributed by atoms with Gasteiger partial charge in [0.25, 0.3) is 10.0 Å². The van der Waals surface area contributed by atoms with Crippen molar-refractivity contribution in [1.82, 2.24) is 4.31 Å². The summed E-state index contributed by atoms with van der Waals surface area (Å²) in [6.45, 7) is 1.99. The normalized spacial score (nSPS) is 12.2. The van der Waals surface area contributed by atoms with Crippen LogP contribution in [0.25, 0.3) is 0 Å². The number of nitrogens with one attached hydrogen (secondary N) is 1. The molecule has 0 aliphatic heterocycles. The van der Waals surface area contributed by atoms with Gasteiger partial charge in [-0.05, 0) is 43.3 Å². The molecule has 0 saturated heterocycles. The largest absolute Gasteiger partial charge is 0.492 e. The van der Waals surface area contributed by atoms with E-state index in [-0.39, 0.29) is 32.9 Å². The highest BCUT2D eigenvalue weighted by atomic mass is 35.5. The van der Waals surface area contributed by atoms with Crippen molar-refractivity contribution in [2.45, 2.75) is 16.7 Å². The summed E-state index contributed by atoms with van der Waals surface area (Å²) in [7, 11) is -4.99. The average molecular weight is 419 g/mol. The van der Waals surface area contributed by atoms with Gasteiger partial charge in [0.1, 0.15) is 10.6 Å². The molecule has 0 amide bonds. The van der Waals surface area contributed by atoms with Crippen molar-refractivity contribution < 1.29 is 21.6 Å². The topological polar surface area (TPSA) is 92.8 Å². The monoisotopic (exact) mass is 418 g/mol. The zero-order valence-electron chi connectivity index (χ0n) is 14.4. The molecule has 0 unspecified atom stereocenters. The van der Waals surface area contributed by atoms with Crippen LogP contribution in [0.5, 0.6) is 5.75 Å². The molecule has 0 aliphatic rings. The first-order valence-corrected chi connectivity index (χ1v) is 10.9. The second-order valence-electron chi connectivity index (χ2n) is 5.44. The second-order valence-corrected chi connectivity index (χ2v) is 9.68. The first-order valence-electron chi connectivity index (χ1n) is 7.55. The maximum Gasteiger partial charge on any atom is 0.261 e. The van der Waals surface area contributed by atoms with E-state index in [0.717, 1.165) is 4.31 Å². The molecule has 142 valence electrons. The van der Waals surface area contributed by atoms with Crippen LogP contribution in [0.4, 0.5) is 5.69 Å². The zero-order chi connectivity index (χ0) is 19.5. The Labute approximate surface area is 158 Å². The Morgan fingerprint density at radius 3 is 2.35 bits per heavy atom. The molecule has 0 bridgehead atoms. The third kappa shape index (κ3) is 4.47. The summed E-state index contributed by atoms with van der Waals surface area (Å²) < 4.78 is 58.8. The molecule has 0 spiro atoms. The van der Waals surface area contributed by atoms with Crippen LogP contribution in [0, 0.1) is 0 Å². The summed E-state index contributed by atoms with van der Waals surface area (Å²) in [5.41, 5.74) is 0.0915. The molecule has 0 atom stereocenters. The molecule has 0 aromatic heterocycles. The highest BCUT2D eigenvalue weighted by Gasteiger charge is 2.24. The van der Waals surface area contributed by atoms with Crippen molar-refractivity contribution in [3.05, 3.63) is 47.5 Å². The van der Waals surface area contributed by atoms with E-state index < -0.39 is 20.0 Å². The van der Waals surface area contributed by atoms with Crippen LogP contribution < -0.4 is 9.46 Å². The molecule has 0 aliphatic carbocycles. The van der Waals surface area contributed by atoms with Gasteiger partial charge in [0.2, 0.25) is 10.0 Å². The lowest BCUT2D eigenvalue weighted by molar-refractivity contribution is 0.330. The van der Waals surface area contributed by atoms with Crippen LogP contribution >= 0.6 is 11.6 Å². The molecule has 10 heteroatoms. The van der Waals surface area contributed by atoms with E-state index in [9.17, 15) is 16.8 Å². The van der Waals surface area contributed by atoms with Gasteiger partial charge in [-0.15, -0.1) is 0 Å². The lowest BCUT2D eigenvalue weighted by Gasteiger charge is -2.17. The Hall–Kier alpha value is -1.81. The Bertz CT molecular complexity index is 1010. The Morgan fingerprint density at radius 1 is 1.08 bits per heavy atom. The Morgan fingerprint density at radius 2 is 1.77 bits per heavy atom. The van der Waals surface area contributed by atoms with Crippen molar-refractivity contribution in [2.75, 3.05) is 25.4 Å². The van der Waals surface area contributed by atoms with Gasteiger partial charge >= 0.3 is 0 Å². The number of hydrogen-bond acceptors (Lipinski definition) is 5. The van der Waals surface area contributed by atoms with Crippen LogP contribution in [0.15, 0.2) is 52.3 Å². The van der Waals surface area contributed by atoms with Gasteiger partial charge in [-0.1, -0.05) is 17.7 Å². The summed E-state index contributed by atoms with van der Waals surface area (Å²) in [5.74, 6) is 0.145. The molecule has 0 fully saturated rings. The number of rotatable bonds is 7. The number of hydrogen-bond donors (Lipinski definition) is 1. The fraction of sp³-hybridized carbons (Fsp3) is 0.250. The number of ether oxygens (including phenoxy) is 1. The first-order chi connectivity index (χ1) is 12.1. The molecular formula is C16H19ClN2O5S2. The van der Waals surface area contributed by atoms with Gasteiger partial charge in [-0.25, -0.2) is 21.1 Å². The van der Waals surface area contributed by atoms with Gasteiger partial charge in [0.05, 0.1) is 17.2 Å². The van der Waals surface area contributed by atoms with Gasteiger partial charge < -0.3 is 4.74 Å². The molecule has 1 N–H and O–H groups in total. The van der Waals surface area contributed by atoms with Gasteiger partial charge in [0.15, 0.2) is 0 Å². The molecule has 2 aromatic carbocycles. The first kappa shape index (κ1) is 20.5. The summed E-state index contributed by atoms with van der Waals surface area (Å²) >= 11 is 5.84. The number of nitrogens with zero attached hydrogens (tertiary/aromatic N) is 1. The quantitative estimate of drug-likeness (QED) is 0.746. The van der Waals surface area contributed by atoms with Gasteiger partial charge in [0, 0.05) is 19.1 Å². The average Bonchev–Trinajstić information content (AvgIpc) is 2.56. The molecule has 0 saturated carbocycles. The number of benzene rings is 2. The predicted molar refractivity (Wildman–Crippen MR) is 101 cm³/mol. The molecule has 2 rings (SSSR count). The summed E-state index contributed by atoms with van der Waals surface area (Å²) in [5, 5.41) is 0.274. The highest BCUT2D eigenvalue weighted by Crippen LogP contribution is 2.30. The van der Waals surface area contributed by atoms with E-state index in [2.05, 4.69) is 4.72 Å². The molecule has 0 radical (unpaired) electrons. The van der Waals surface area contributed by atoms with Crippen molar-refractivity contribution >= 4 is 37.3 Å². The van der Waals surface area contributed by atoms with Crippen molar-refractivity contribution in [3.8, 4) is 5.75 Å². The minimum atomic E-state index is -3.93. The molecule has 26 heavy (non-hydrogen) atoms. The lowest BCUT2D eigenvalue weighted by Crippen LogP contribution is -2.23. The maximum atomic E-state index is 12.5. The molecule has 2 aromatic rings. The second kappa shape index (κ2) is 7.83. The highest BCUT2D eigenvalue weighted by molar-refractivity contribution is 7.92. The number of sulfonamides is 2. The van der Waals surface area contributed by atoms with Crippen LogP contribution in [-0.4, -0.2) is 41.8 Å². The fourth-order valence-electron chi connectivity index (χ4n) is 2.09. The fourth-order valence-corrected chi connectivity index (χ4v) is 4.49. The summed E-state index contributed by atoms with van der Waals surface area (Å²) in [6, 6.07) is 9.83. The van der Waals surface area contributed by atoms with Gasteiger partial charge in [-0.2, -0.15) is 0 Å². The summed E-state index contributed by atoms with van der Waals surface area (Å²) in [4.78, 5) is -0.161. The lowest BCUT2D eigenvalue weighted by atomic mass is 10.3. The van der Waals surface area contributed by atoms with Crippen LogP contribution in [0.3, 0.4) is 0 Å². The number of anilines is 1. The maximum absolute atomic E-state index is 12.5. The van der Waals surface area contributed by atoms with E-state index >= 15 is 0 Å². The zero-order valence-corrected chi connectivity index (χ0v) is 16.8. The van der Waals surface area contributed by atoms with Crippen molar-refractivity contribution in [2.24, 2.45) is 0 Å². The third-order valence-electron chi connectivity index (χ3n) is 3.36. The van der Waals surface area contributed by atoms with E-state index in [1.807, 2.05) is 0 Å². The third-order valence-corrected chi connectivity index (χ3v) is 6.81. The molecule has 7 nitrogen and oxygen atoms in total. The van der Waals surface area contributed by atoms with Crippen LogP contribution in [-0.2, 0) is 20.0 Å². The SMILES string of the molecule is CCOc1ccc(NS(=O)(=O)c2cccc(Cl)c2)cc1S(=O)(=O)N(C)C. The van der Waals surface area contributed by atoms with Crippen molar-refractivity contribution in [3.63, 3.8) is 0 Å². The predicted octanol–water partition coefficient (Wildman–Crippen LogP) is 2.79. The molecule has 0 heterocycles. The Balaban J connectivity index is 2.48. The van der Waals surface area contributed by atoms with E-state index in [4.69, 9.17) is 16.3 Å². The van der Waals surface area contributed by atoms with E-state index in [0.29, 0.717) is 0 Å². The number of halogens is 1. The summed E-state index contributed by atoms with van der Waals surface area (Å²) in [6.07, 6.45) is 0. The van der Waals surface area contributed by atoms with Crippen molar-refractivity contribution in [1.29, 1.82) is 0 Å².